The topological polar surface area (TPSA) is 29.5 Å². The summed E-state index contributed by atoms with van der Waals surface area (Å²) in [4.78, 5) is 1.01. The SMILES string of the molecule is CCCOCC(C)(O)c1sccc1C. The van der Waals surface area contributed by atoms with Crippen molar-refractivity contribution in [2.24, 2.45) is 0 Å². The van der Waals surface area contributed by atoms with Crippen LogP contribution >= 0.6 is 11.3 Å². The van der Waals surface area contributed by atoms with Crippen LogP contribution in [0.4, 0.5) is 0 Å². The van der Waals surface area contributed by atoms with Crippen molar-refractivity contribution in [3.8, 4) is 0 Å². The van der Waals surface area contributed by atoms with Gasteiger partial charge in [-0.3, -0.25) is 0 Å². The van der Waals surface area contributed by atoms with Gasteiger partial charge in [0.05, 0.1) is 6.61 Å². The molecule has 0 aliphatic heterocycles. The van der Waals surface area contributed by atoms with Crippen LogP contribution in [0.5, 0.6) is 0 Å². The number of aliphatic hydroxyl groups is 1. The van der Waals surface area contributed by atoms with E-state index < -0.39 is 5.60 Å². The normalized spacial score (nSPS) is 15.4. The molecule has 0 aliphatic rings. The van der Waals surface area contributed by atoms with Gasteiger partial charge in [0.15, 0.2) is 0 Å². The lowest BCUT2D eigenvalue weighted by Crippen LogP contribution is -2.27. The van der Waals surface area contributed by atoms with Gasteiger partial charge >= 0.3 is 0 Å². The lowest BCUT2D eigenvalue weighted by atomic mass is 10.0. The van der Waals surface area contributed by atoms with Crippen molar-refractivity contribution in [2.45, 2.75) is 32.8 Å². The van der Waals surface area contributed by atoms with E-state index in [9.17, 15) is 5.11 Å². The Bertz CT molecular complexity index is 279. The second-order valence-electron chi connectivity index (χ2n) is 3.76. The van der Waals surface area contributed by atoms with Crippen LogP contribution in [0, 0.1) is 6.92 Å². The summed E-state index contributed by atoms with van der Waals surface area (Å²) < 4.78 is 5.38. The van der Waals surface area contributed by atoms with E-state index in [0.29, 0.717) is 13.2 Å². The molecule has 2 nitrogen and oxygen atoms in total. The Morgan fingerprint density at radius 3 is 2.79 bits per heavy atom. The average Bonchev–Trinajstić information content (AvgIpc) is 2.52. The monoisotopic (exact) mass is 214 g/mol. The highest BCUT2D eigenvalue weighted by atomic mass is 32.1. The maximum Gasteiger partial charge on any atom is 0.119 e. The molecule has 0 radical (unpaired) electrons. The summed E-state index contributed by atoms with van der Waals surface area (Å²) in [5.74, 6) is 0. The van der Waals surface area contributed by atoms with E-state index in [1.54, 1.807) is 11.3 Å². The van der Waals surface area contributed by atoms with Crippen molar-refractivity contribution in [3.63, 3.8) is 0 Å². The first-order chi connectivity index (χ1) is 6.58. The van der Waals surface area contributed by atoms with Crippen molar-refractivity contribution in [1.82, 2.24) is 0 Å². The van der Waals surface area contributed by atoms with Crippen molar-refractivity contribution in [1.29, 1.82) is 0 Å². The molecule has 0 amide bonds. The van der Waals surface area contributed by atoms with E-state index in [-0.39, 0.29) is 0 Å². The van der Waals surface area contributed by atoms with Crippen molar-refractivity contribution in [3.05, 3.63) is 21.9 Å². The number of ether oxygens (including phenoxy) is 1. The molecule has 1 N–H and O–H groups in total. The summed E-state index contributed by atoms with van der Waals surface area (Å²) in [5.41, 5.74) is 0.299. The molecular formula is C11H18O2S. The van der Waals surface area contributed by atoms with Gasteiger partial charge in [-0.1, -0.05) is 6.92 Å². The van der Waals surface area contributed by atoms with Crippen LogP contribution in [0.25, 0.3) is 0 Å². The van der Waals surface area contributed by atoms with Gasteiger partial charge in [-0.2, -0.15) is 0 Å². The zero-order valence-electron chi connectivity index (χ0n) is 9.04. The summed E-state index contributed by atoms with van der Waals surface area (Å²) in [6, 6.07) is 2.02. The molecule has 0 bridgehead atoms. The van der Waals surface area contributed by atoms with Crippen molar-refractivity contribution < 1.29 is 9.84 Å². The molecule has 3 heteroatoms. The first-order valence-corrected chi connectivity index (χ1v) is 5.80. The predicted octanol–water partition coefficient (Wildman–Crippen LogP) is 2.69. The summed E-state index contributed by atoms with van der Waals surface area (Å²) in [5, 5.41) is 12.2. The van der Waals surface area contributed by atoms with E-state index in [1.165, 1.54) is 0 Å². The molecule has 1 aromatic rings. The molecule has 0 saturated heterocycles. The summed E-state index contributed by atoms with van der Waals surface area (Å²) in [6.45, 7) is 6.97. The lowest BCUT2D eigenvalue weighted by molar-refractivity contribution is -0.0354. The van der Waals surface area contributed by atoms with Gasteiger partial charge in [0.25, 0.3) is 0 Å². The molecule has 0 saturated carbocycles. The highest BCUT2D eigenvalue weighted by Crippen LogP contribution is 2.29. The molecule has 1 atom stereocenters. The van der Waals surface area contributed by atoms with E-state index in [0.717, 1.165) is 16.9 Å². The zero-order valence-corrected chi connectivity index (χ0v) is 9.86. The highest BCUT2D eigenvalue weighted by Gasteiger charge is 2.26. The Kier molecular flexibility index (Phi) is 4.11. The maximum absolute atomic E-state index is 10.2. The molecule has 14 heavy (non-hydrogen) atoms. The van der Waals surface area contributed by atoms with Crippen LogP contribution in [0.15, 0.2) is 11.4 Å². The molecule has 0 fully saturated rings. The van der Waals surface area contributed by atoms with E-state index in [1.807, 2.05) is 25.3 Å². The number of hydrogen-bond donors (Lipinski definition) is 1. The highest BCUT2D eigenvalue weighted by molar-refractivity contribution is 7.10. The van der Waals surface area contributed by atoms with Crippen LogP contribution < -0.4 is 0 Å². The minimum atomic E-state index is -0.840. The molecular weight excluding hydrogens is 196 g/mol. The number of thiophene rings is 1. The standard InChI is InChI=1S/C11H18O2S/c1-4-6-13-8-11(3,12)10-9(2)5-7-14-10/h5,7,12H,4,6,8H2,1-3H3. The maximum atomic E-state index is 10.2. The molecule has 1 rings (SSSR count). The van der Waals surface area contributed by atoms with E-state index >= 15 is 0 Å². The fourth-order valence-electron chi connectivity index (χ4n) is 1.41. The van der Waals surface area contributed by atoms with Gasteiger partial charge in [0, 0.05) is 11.5 Å². The van der Waals surface area contributed by atoms with E-state index in [4.69, 9.17) is 4.74 Å². The second kappa shape index (κ2) is 4.91. The third kappa shape index (κ3) is 2.80. The van der Waals surface area contributed by atoms with Crippen molar-refractivity contribution in [2.75, 3.05) is 13.2 Å². The van der Waals surface area contributed by atoms with Crippen LogP contribution in [0.3, 0.4) is 0 Å². The number of hydrogen-bond acceptors (Lipinski definition) is 3. The third-order valence-corrected chi connectivity index (χ3v) is 3.35. The van der Waals surface area contributed by atoms with Crippen LogP contribution in [-0.2, 0) is 10.3 Å². The Labute approximate surface area is 89.5 Å². The lowest BCUT2D eigenvalue weighted by Gasteiger charge is -2.22. The zero-order chi connectivity index (χ0) is 10.6. The smallest absolute Gasteiger partial charge is 0.119 e. The molecule has 0 aromatic carbocycles. The van der Waals surface area contributed by atoms with Gasteiger partial charge in [0.1, 0.15) is 5.60 Å². The molecule has 0 aliphatic carbocycles. The molecule has 1 heterocycles. The van der Waals surface area contributed by atoms with Gasteiger partial charge in [-0.25, -0.2) is 0 Å². The fraction of sp³-hybridized carbons (Fsp3) is 0.636. The number of rotatable bonds is 5. The first kappa shape index (κ1) is 11.7. The van der Waals surface area contributed by atoms with Gasteiger partial charge in [-0.15, -0.1) is 11.3 Å². The minimum absolute atomic E-state index is 0.377. The van der Waals surface area contributed by atoms with Gasteiger partial charge < -0.3 is 9.84 Å². The summed E-state index contributed by atoms with van der Waals surface area (Å²) in [6.07, 6.45) is 0.986. The molecule has 0 spiro atoms. The minimum Gasteiger partial charge on any atom is -0.382 e. The van der Waals surface area contributed by atoms with Gasteiger partial charge in [0.2, 0.25) is 0 Å². The summed E-state index contributed by atoms with van der Waals surface area (Å²) >= 11 is 1.58. The average molecular weight is 214 g/mol. The van der Waals surface area contributed by atoms with Crippen LogP contribution in [-0.4, -0.2) is 18.3 Å². The van der Waals surface area contributed by atoms with E-state index in [2.05, 4.69) is 6.92 Å². The molecule has 1 unspecified atom stereocenters. The Balaban J connectivity index is 2.61. The Morgan fingerprint density at radius 1 is 1.57 bits per heavy atom. The molecule has 80 valence electrons. The quantitative estimate of drug-likeness (QED) is 0.764. The van der Waals surface area contributed by atoms with Crippen LogP contribution in [0.1, 0.15) is 30.7 Å². The van der Waals surface area contributed by atoms with Crippen LogP contribution in [0.2, 0.25) is 0 Å². The van der Waals surface area contributed by atoms with Gasteiger partial charge in [-0.05, 0) is 37.3 Å². The third-order valence-electron chi connectivity index (χ3n) is 2.08. The Hall–Kier alpha value is -0.380. The summed E-state index contributed by atoms with van der Waals surface area (Å²) in [7, 11) is 0. The second-order valence-corrected chi connectivity index (χ2v) is 4.68. The largest absolute Gasteiger partial charge is 0.382 e. The Morgan fingerprint density at radius 2 is 2.29 bits per heavy atom. The predicted molar refractivity (Wildman–Crippen MR) is 59.7 cm³/mol. The van der Waals surface area contributed by atoms with Crippen molar-refractivity contribution >= 4 is 11.3 Å². The number of aryl methyl sites for hydroxylation is 1. The molecule has 1 aromatic heterocycles. The first-order valence-electron chi connectivity index (χ1n) is 4.92. The fourth-order valence-corrected chi connectivity index (χ4v) is 2.38.